The van der Waals surface area contributed by atoms with Gasteiger partial charge in [0, 0.05) is 48.6 Å². The fourth-order valence-corrected chi connectivity index (χ4v) is 20.3. The monoisotopic (exact) mass is 1190 g/mol. The Bertz CT molecular complexity index is 5640. The van der Waals surface area contributed by atoms with Gasteiger partial charge in [0.15, 0.2) is 0 Å². The van der Waals surface area contributed by atoms with E-state index in [0.717, 1.165) is 69.3 Å². The number of benzene rings is 12. The standard InChI is InChI=1S/C90H69N3/c1-85(2)70-35-51(50-21-11-9-12-22-50)29-30-58(70)62-42-74-63(39-71(62)85)64-40-72-67(82-59-26-16-13-23-55(59)52(47-91)36-79(82)86(72,3)4)44-75(64)88(74,7)33-34-89(8)76-43-66-65-41-73-68(83-60-27-17-14-24-56(60)53(48-92)37-80(83)87(73,5)6)45-77(65)90(31-19-10-20-32-90)78(66)46-69(76)84-61-28-18-15-25-57(61)54(49-93)38-81(84)89/h9,11-18,21-30,35-46H,10,19-20,31-34H2,1-8H3. The lowest BCUT2D eigenvalue weighted by Crippen LogP contribution is -2.29. The van der Waals surface area contributed by atoms with Crippen LogP contribution in [0.3, 0.4) is 0 Å². The molecule has 444 valence electrons. The normalized spacial score (nSPS) is 19.7. The topological polar surface area (TPSA) is 71.4 Å². The van der Waals surface area contributed by atoms with Crippen molar-refractivity contribution in [3.8, 4) is 96.1 Å². The van der Waals surface area contributed by atoms with Gasteiger partial charge >= 0.3 is 0 Å². The van der Waals surface area contributed by atoms with Gasteiger partial charge in [-0.05, 0) is 259 Å². The van der Waals surface area contributed by atoms with E-state index in [1.165, 1.54) is 169 Å². The van der Waals surface area contributed by atoms with Crippen LogP contribution in [0.15, 0.2) is 188 Å². The van der Waals surface area contributed by atoms with Crippen LogP contribution in [0.1, 0.15) is 184 Å². The molecule has 3 nitrogen and oxygen atoms in total. The van der Waals surface area contributed by atoms with E-state index >= 15 is 0 Å². The summed E-state index contributed by atoms with van der Waals surface area (Å²) in [5.74, 6) is 0. The summed E-state index contributed by atoms with van der Waals surface area (Å²) in [6.07, 6.45) is 7.47. The Labute approximate surface area is 545 Å². The molecule has 0 aliphatic heterocycles. The fourth-order valence-electron chi connectivity index (χ4n) is 20.3. The number of nitrogens with zero attached hydrogens (tertiary/aromatic N) is 3. The Kier molecular flexibility index (Phi) is 10.6. The molecule has 0 N–H and O–H groups in total. The first kappa shape index (κ1) is 54.6. The van der Waals surface area contributed by atoms with Crippen molar-refractivity contribution in [3.63, 3.8) is 0 Å². The molecule has 7 aliphatic carbocycles. The maximum Gasteiger partial charge on any atom is 0.0998 e. The molecule has 1 spiro atoms. The van der Waals surface area contributed by atoms with Gasteiger partial charge in [-0.2, -0.15) is 15.8 Å². The van der Waals surface area contributed by atoms with Crippen LogP contribution < -0.4 is 0 Å². The van der Waals surface area contributed by atoms with E-state index in [9.17, 15) is 15.8 Å². The number of nitriles is 3. The maximum absolute atomic E-state index is 11.3. The molecule has 2 atom stereocenters. The highest BCUT2D eigenvalue weighted by Crippen LogP contribution is 2.67. The van der Waals surface area contributed by atoms with Gasteiger partial charge in [-0.15, -0.1) is 0 Å². The van der Waals surface area contributed by atoms with Crippen molar-refractivity contribution in [3.05, 3.63) is 272 Å². The molecular formula is C90H69N3. The van der Waals surface area contributed by atoms with Crippen molar-refractivity contribution >= 4 is 32.3 Å². The third kappa shape index (κ3) is 6.72. The van der Waals surface area contributed by atoms with E-state index in [0.29, 0.717) is 0 Å². The van der Waals surface area contributed by atoms with Gasteiger partial charge in [-0.1, -0.05) is 190 Å². The summed E-state index contributed by atoms with van der Waals surface area (Å²) in [5.41, 5.74) is 34.5. The average Bonchev–Trinajstić information content (AvgIpc) is 1.52. The molecule has 2 unspecified atom stereocenters. The van der Waals surface area contributed by atoms with Gasteiger partial charge in [0.2, 0.25) is 0 Å². The molecule has 0 heterocycles. The Morgan fingerprint density at radius 3 is 1.10 bits per heavy atom. The van der Waals surface area contributed by atoms with Crippen LogP contribution in [0.2, 0.25) is 0 Å². The van der Waals surface area contributed by atoms with E-state index in [4.69, 9.17) is 0 Å². The second-order valence-corrected chi connectivity index (χ2v) is 30.6. The first-order valence-corrected chi connectivity index (χ1v) is 33.8. The zero-order valence-electron chi connectivity index (χ0n) is 54.2. The largest absolute Gasteiger partial charge is 0.192 e. The molecule has 1 fully saturated rings. The summed E-state index contributed by atoms with van der Waals surface area (Å²) in [7, 11) is 0. The number of hydrogen-bond acceptors (Lipinski definition) is 3. The molecule has 19 rings (SSSR count). The number of hydrogen-bond donors (Lipinski definition) is 0. The molecule has 0 saturated heterocycles. The molecule has 12 aromatic rings. The minimum Gasteiger partial charge on any atom is -0.192 e. The lowest BCUT2D eigenvalue weighted by molar-refractivity contribution is 0.353. The molecule has 0 bridgehead atoms. The van der Waals surface area contributed by atoms with Crippen molar-refractivity contribution < 1.29 is 0 Å². The second kappa shape index (κ2) is 18.1. The fraction of sp³-hybridized carbons (Fsp3) is 0.233. The predicted octanol–water partition coefficient (Wildman–Crippen LogP) is 22.6. The number of fused-ring (bicyclic) bond motifs is 26. The lowest BCUT2D eigenvalue weighted by Gasteiger charge is -2.37. The third-order valence-electron chi connectivity index (χ3n) is 25.2. The highest BCUT2D eigenvalue weighted by atomic mass is 14.6. The lowest BCUT2D eigenvalue weighted by atomic mass is 9.66. The Morgan fingerprint density at radius 1 is 0.280 bits per heavy atom. The van der Waals surface area contributed by atoms with Crippen LogP contribution in [-0.2, 0) is 32.5 Å². The molecule has 7 aliphatic rings. The highest BCUT2D eigenvalue weighted by Gasteiger charge is 2.53. The van der Waals surface area contributed by atoms with Crippen molar-refractivity contribution in [1.82, 2.24) is 0 Å². The molecule has 1 saturated carbocycles. The molecule has 0 radical (unpaired) electrons. The van der Waals surface area contributed by atoms with Gasteiger partial charge in [0.25, 0.3) is 0 Å². The summed E-state index contributed by atoms with van der Waals surface area (Å²) in [6, 6.07) is 79.4. The quantitative estimate of drug-likeness (QED) is 0.176. The summed E-state index contributed by atoms with van der Waals surface area (Å²) >= 11 is 0. The summed E-state index contributed by atoms with van der Waals surface area (Å²) in [4.78, 5) is 0. The smallest absolute Gasteiger partial charge is 0.0998 e. The summed E-state index contributed by atoms with van der Waals surface area (Å²) < 4.78 is 0. The minimum atomic E-state index is -0.503. The van der Waals surface area contributed by atoms with Crippen LogP contribution in [0.25, 0.3) is 110 Å². The first-order chi connectivity index (χ1) is 44.9. The molecular weight excluding hydrogens is 1120 g/mol. The second-order valence-electron chi connectivity index (χ2n) is 30.6. The van der Waals surface area contributed by atoms with Gasteiger partial charge in [-0.25, -0.2) is 0 Å². The third-order valence-corrected chi connectivity index (χ3v) is 25.2. The number of rotatable bonds is 4. The van der Waals surface area contributed by atoms with E-state index in [1.807, 2.05) is 0 Å². The van der Waals surface area contributed by atoms with Crippen LogP contribution in [-0.4, -0.2) is 0 Å². The molecule has 0 amide bonds. The van der Waals surface area contributed by atoms with Crippen molar-refractivity contribution in [2.45, 2.75) is 133 Å². The Hall–Kier alpha value is -10.1. The highest BCUT2D eigenvalue weighted by molar-refractivity contribution is 6.10. The van der Waals surface area contributed by atoms with E-state index in [2.05, 4.69) is 262 Å². The van der Waals surface area contributed by atoms with Gasteiger partial charge < -0.3 is 0 Å². The van der Waals surface area contributed by atoms with Crippen LogP contribution in [0, 0.1) is 34.0 Å². The molecule has 0 aromatic heterocycles. The Balaban J connectivity index is 0.833. The SMILES string of the molecule is CC1(C)c2cc(-c3ccccc3)ccc2-c2cc3c(cc21)-c1cc2c(cc1C3(C)CCC1(C)c3cc4c(cc3-c3c1cc(C#N)c1ccccc31)C1(CCCCC1)c1cc3c(cc1-4)C(C)(C)c1cc(C#N)c4ccccc4c1-3)-c1c(cc(C#N)c3ccccc13)C2(C)C. The van der Waals surface area contributed by atoms with E-state index in [1.54, 1.807) is 0 Å². The van der Waals surface area contributed by atoms with Crippen LogP contribution >= 0.6 is 0 Å². The van der Waals surface area contributed by atoms with Crippen molar-refractivity contribution in [1.29, 1.82) is 15.8 Å². The zero-order valence-corrected chi connectivity index (χ0v) is 54.2. The van der Waals surface area contributed by atoms with Crippen molar-refractivity contribution in [2.24, 2.45) is 0 Å². The van der Waals surface area contributed by atoms with Gasteiger partial charge in [-0.3, -0.25) is 0 Å². The van der Waals surface area contributed by atoms with Gasteiger partial charge in [0.05, 0.1) is 34.9 Å². The van der Waals surface area contributed by atoms with E-state index < -0.39 is 10.8 Å². The average molecular weight is 1190 g/mol. The maximum atomic E-state index is 11.3. The first-order valence-electron chi connectivity index (χ1n) is 33.8. The van der Waals surface area contributed by atoms with E-state index in [-0.39, 0.29) is 21.7 Å². The molecule has 12 aromatic carbocycles. The zero-order chi connectivity index (χ0) is 63.2. The van der Waals surface area contributed by atoms with Crippen molar-refractivity contribution in [2.75, 3.05) is 0 Å². The summed E-state index contributed by atoms with van der Waals surface area (Å²) in [6.45, 7) is 19.4. The van der Waals surface area contributed by atoms with Crippen LogP contribution in [0.4, 0.5) is 0 Å². The summed E-state index contributed by atoms with van der Waals surface area (Å²) in [5, 5.41) is 39.1. The predicted molar refractivity (Wildman–Crippen MR) is 380 cm³/mol. The molecule has 3 heteroatoms. The van der Waals surface area contributed by atoms with Crippen LogP contribution in [0.5, 0.6) is 0 Å². The Morgan fingerprint density at radius 2 is 0.613 bits per heavy atom. The molecule has 93 heavy (non-hydrogen) atoms. The van der Waals surface area contributed by atoms with Gasteiger partial charge in [0.1, 0.15) is 0 Å². The minimum absolute atomic E-state index is 0.153.